The second-order valence-corrected chi connectivity index (χ2v) is 14.8. The molecule has 246 valence electrons. The van der Waals surface area contributed by atoms with Gasteiger partial charge >= 0.3 is 0 Å². The normalized spacial score (nSPS) is 14.0. The molecular weight excluding hydrogens is 653 g/mol. The van der Waals surface area contributed by atoms with E-state index in [0.717, 1.165) is 52.2 Å². The highest BCUT2D eigenvalue weighted by atomic mass is 35.5. The number of carbonyl (C=O) groups is 2. The number of hydrogen-bond acceptors (Lipinski definition) is 4. The van der Waals surface area contributed by atoms with Crippen LogP contribution >= 0.6 is 23.2 Å². The summed E-state index contributed by atoms with van der Waals surface area (Å²) in [7, 11) is -4.22. The first kappa shape index (κ1) is 34.5. The fraction of sp³-hybridized carbons (Fsp3) is 0.297. The molecule has 10 heteroatoms. The van der Waals surface area contributed by atoms with E-state index < -0.39 is 28.5 Å². The van der Waals surface area contributed by atoms with Crippen LogP contribution in [-0.2, 0) is 32.6 Å². The van der Waals surface area contributed by atoms with Crippen molar-refractivity contribution in [2.75, 3.05) is 10.8 Å². The van der Waals surface area contributed by atoms with Gasteiger partial charge in [0.15, 0.2) is 0 Å². The Morgan fingerprint density at radius 3 is 2.15 bits per heavy atom. The lowest BCUT2D eigenvalue weighted by Crippen LogP contribution is -2.54. The fourth-order valence-electron chi connectivity index (χ4n) is 5.81. The molecule has 1 aliphatic rings. The number of halogens is 2. The van der Waals surface area contributed by atoms with E-state index >= 15 is 0 Å². The molecule has 1 unspecified atom stereocenters. The number of rotatable bonds is 12. The lowest BCUT2D eigenvalue weighted by atomic mass is 10.0. The van der Waals surface area contributed by atoms with Gasteiger partial charge in [0, 0.05) is 29.1 Å². The van der Waals surface area contributed by atoms with Gasteiger partial charge in [0.25, 0.3) is 10.0 Å². The SMILES string of the molecule is Cc1ccc(S(=O)(=O)N(CC(=O)N(Cc2ccc(Cl)cc2)C(Cc2ccccc2)C(=O)NC2CCCC2)c2ccc(C)c(Cl)c2)cc1. The number of anilines is 1. The Balaban J connectivity index is 1.57. The van der Waals surface area contributed by atoms with Gasteiger partial charge in [0.2, 0.25) is 11.8 Å². The van der Waals surface area contributed by atoms with Crippen molar-refractivity contribution in [2.24, 2.45) is 0 Å². The van der Waals surface area contributed by atoms with Crippen molar-refractivity contribution in [3.63, 3.8) is 0 Å². The zero-order valence-electron chi connectivity index (χ0n) is 26.5. The van der Waals surface area contributed by atoms with E-state index in [-0.39, 0.29) is 35.5 Å². The molecule has 0 saturated heterocycles. The van der Waals surface area contributed by atoms with Crippen molar-refractivity contribution >= 4 is 50.7 Å². The third-order valence-electron chi connectivity index (χ3n) is 8.57. The Morgan fingerprint density at radius 2 is 1.51 bits per heavy atom. The molecule has 7 nitrogen and oxygen atoms in total. The Morgan fingerprint density at radius 1 is 0.851 bits per heavy atom. The van der Waals surface area contributed by atoms with E-state index in [1.807, 2.05) is 44.2 Å². The minimum absolute atomic E-state index is 0.0290. The van der Waals surface area contributed by atoms with Gasteiger partial charge in [-0.05, 0) is 79.8 Å². The van der Waals surface area contributed by atoms with Crippen molar-refractivity contribution < 1.29 is 18.0 Å². The van der Waals surface area contributed by atoms with Gasteiger partial charge in [0.1, 0.15) is 12.6 Å². The van der Waals surface area contributed by atoms with Crippen molar-refractivity contribution in [3.05, 3.63) is 129 Å². The molecule has 2 amide bonds. The maximum absolute atomic E-state index is 14.6. The van der Waals surface area contributed by atoms with Crippen LogP contribution in [0.3, 0.4) is 0 Å². The summed E-state index contributed by atoms with van der Waals surface area (Å²) in [5.41, 5.74) is 3.54. The molecule has 1 atom stereocenters. The molecule has 5 rings (SSSR count). The highest BCUT2D eigenvalue weighted by molar-refractivity contribution is 7.92. The van der Waals surface area contributed by atoms with E-state index in [1.165, 1.54) is 17.0 Å². The summed E-state index contributed by atoms with van der Waals surface area (Å²) in [5, 5.41) is 4.10. The number of sulfonamides is 1. The second kappa shape index (κ2) is 15.4. The van der Waals surface area contributed by atoms with Crippen LogP contribution in [0.1, 0.15) is 47.9 Å². The molecular formula is C37H39Cl2N3O4S. The minimum Gasteiger partial charge on any atom is -0.352 e. The number of aryl methyl sites for hydroxylation is 2. The molecule has 0 aliphatic heterocycles. The maximum Gasteiger partial charge on any atom is 0.264 e. The number of benzene rings is 4. The zero-order valence-corrected chi connectivity index (χ0v) is 28.9. The van der Waals surface area contributed by atoms with E-state index in [4.69, 9.17) is 23.2 Å². The summed E-state index contributed by atoms with van der Waals surface area (Å²) in [6.45, 7) is 3.21. The Kier molecular flexibility index (Phi) is 11.3. The molecule has 0 radical (unpaired) electrons. The van der Waals surface area contributed by atoms with Crippen LogP contribution in [0.15, 0.2) is 102 Å². The van der Waals surface area contributed by atoms with Crippen LogP contribution < -0.4 is 9.62 Å². The Labute approximate surface area is 287 Å². The van der Waals surface area contributed by atoms with Gasteiger partial charge < -0.3 is 10.2 Å². The third kappa shape index (κ3) is 8.74. The maximum atomic E-state index is 14.6. The highest BCUT2D eigenvalue weighted by Crippen LogP contribution is 2.29. The van der Waals surface area contributed by atoms with E-state index in [2.05, 4.69) is 5.32 Å². The summed E-state index contributed by atoms with van der Waals surface area (Å²) in [6, 6.07) is 27.1. The fourth-order valence-corrected chi connectivity index (χ4v) is 7.52. The van der Waals surface area contributed by atoms with E-state index in [0.29, 0.717) is 10.0 Å². The molecule has 0 spiro atoms. The van der Waals surface area contributed by atoms with Crippen LogP contribution in [0.4, 0.5) is 5.69 Å². The van der Waals surface area contributed by atoms with E-state index in [9.17, 15) is 18.0 Å². The first-order valence-corrected chi connectivity index (χ1v) is 17.9. The number of amides is 2. The summed E-state index contributed by atoms with van der Waals surface area (Å²) in [4.78, 5) is 30.3. The van der Waals surface area contributed by atoms with Gasteiger partial charge in [0.05, 0.1) is 10.6 Å². The van der Waals surface area contributed by atoms with Gasteiger partial charge in [-0.15, -0.1) is 0 Å². The molecule has 0 aromatic heterocycles. The van der Waals surface area contributed by atoms with Gasteiger partial charge in [-0.3, -0.25) is 13.9 Å². The van der Waals surface area contributed by atoms with E-state index in [1.54, 1.807) is 54.6 Å². The van der Waals surface area contributed by atoms with Gasteiger partial charge in [-0.25, -0.2) is 8.42 Å². The summed E-state index contributed by atoms with van der Waals surface area (Å²) in [5.74, 6) is -0.802. The zero-order chi connectivity index (χ0) is 33.6. The van der Waals surface area contributed by atoms with Crippen LogP contribution in [0.5, 0.6) is 0 Å². The molecule has 1 fully saturated rings. The van der Waals surface area contributed by atoms with Crippen LogP contribution in [-0.4, -0.2) is 43.8 Å². The number of nitrogens with zero attached hydrogens (tertiary/aromatic N) is 2. The Hall–Kier alpha value is -3.85. The average Bonchev–Trinajstić information content (AvgIpc) is 3.57. The molecule has 0 heterocycles. The summed E-state index contributed by atoms with van der Waals surface area (Å²) < 4.78 is 29.6. The monoisotopic (exact) mass is 691 g/mol. The molecule has 4 aromatic rings. The largest absolute Gasteiger partial charge is 0.352 e. The topological polar surface area (TPSA) is 86.8 Å². The van der Waals surface area contributed by atoms with Crippen molar-refractivity contribution in [1.82, 2.24) is 10.2 Å². The van der Waals surface area contributed by atoms with Gasteiger partial charge in [-0.2, -0.15) is 0 Å². The predicted molar refractivity (Wildman–Crippen MR) is 188 cm³/mol. The smallest absolute Gasteiger partial charge is 0.264 e. The molecule has 1 N–H and O–H groups in total. The lowest BCUT2D eigenvalue weighted by molar-refractivity contribution is -0.140. The van der Waals surface area contributed by atoms with Crippen LogP contribution in [0, 0.1) is 13.8 Å². The first-order valence-electron chi connectivity index (χ1n) is 15.7. The number of nitrogens with one attached hydrogen (secondary N) is 1. The Bertz CT molecular complexity index is 1790. The van der Waals surface area contributed by atoms with Crippen molar-refractivity contribution in [2.45, 2.75) is 69.5 Å². The quantitative estimate of drug-likeness (QED) is 0.167. The standard InChI is InChI=1S/C37H39Cl2N3O4S/c1-26-12-20-33(21-13-26)47(45,46)42(32-19-14-27(2)34(39)23-32)25-36(43)41(24-29-15-17-30(38)18-16-29)35(22-28-8-4-3-5-9-28)37(44)40-31-10-6-7-11-31/h3-5,8-9,12-21,23,31,35H,6-7,10-11,22,24-25H2,1-2H3,(H,40,44). The van der Waals surface area contributed by atoms with Crippen molar-refractivity contribution in [1.29, 1.82) is 0 Å². The third-order valence-corrected chi connectivity index (χ3v) is 11.0. The van der Waals surface area contributed by atoms with Gasteiger partial charge in [-0.1, -0.05) is 102 Å². The van der Waals surface area contributed by atoms with Crippen LogP contribution in [0.2, 0.25) is 10.0 Å². The van der Waals surface area contributed by atoms with Crippen LogP contribution in [0.25, 0.3) is 0 Å². The minimum atomic E-state index is -4.22. The lowest BCUT2D eigenvalue weighted by Gasteiger charge is -2.34. The molecule has 1 saturated carbocycles. The molecule has 4 aromatic carbocycles. The van der Waals surface area contributed by atoms with Crippen molar-refractivity contribution in [3.8, 4) is 0 Å². The number of hydrogen-bond donors (Lipinski definition) is 1. The summed E-state index contributed by atoms with van der Waals surface area (Å²) >= 11 is 12.7. The predicted octanol–water partition coefficient (Wildman–Crippen LogP) is 7.50. The first-order chi connectivity index (χ1) is 22.5. The second-order valence-electron chi connectivity index (χ2n) is 12.1. The molecule has 1 aliphatic carbocycles. The number of carbonyl (C=O) groups excluding carboxylic acids is 2. The molecule has 0 bridgehead atoms. The summed E-state index contributed by atoms with van der Waals surface area (Å²) in [6.07, 6.45) is 4.08. The molecule has 47 heavy (non-hydrogen) atoms. The highest BCUT2D eigenvalue weighted by Gasteiger charge is 2.35. The average molecular weight is 693 g/mol.